The molecule has 0 aliphatic rings. The molecule has 0 saturated heterocycles. The van der Waals surface area contributed by atoms with E-state index in [2.05, 4.69) is 0 Å². The highest BCUT2D eigenvalue weighted by Crippen LogP contribution is 2.26. The van der Waals surface area contributed by atoms with Gasteiger partial charge in [-0.15, -0.1) is 11.8 Å². The maximum atomic E-state index is 11.8. The molecule has 1 aromatic rings. The minimum atomic E-state index is -0.187. The predicted octanol–water partition coefficient (Wildman–Crippen LogP) is 2.20. The first-order valence-corrected chi connectivity index (χ1v) is 6.09. The normalized spacial score (nSPS) is 12.0. The number of hydroxylamine groups is 2. The van der Waals surface area contributed by atoms with Crippen molar-refractivity contribution in [2.75, 3.05) is 21.3 Å². The van der Waals surface area contributed by atoms with Crippen molar-refractivity contribution in [1.29, 1.82) is 0 Å². The number of carbonyl (C=O) groups excluding carboxylic acids is 1. The summed E-state index contributed by atoms with van der Waals surface area (Å²) in [4.78, 5) is 17.6. The van der Waals surface area contributed by atoms with Crippen LogP contribution in [0.1, 0.15) is 6.92 Å². The molecule has 0 aliphatic heterocycles. The molecular weight excluding hydrogens is 238 g/mol. The first-order valence-electron chi connectivity index (χ1n) is 5.21. The Balaban J connectivity index is 2.61. The lowest BCUT2D eigenvalue weighted by atomic mass is 10.3. The lowest BCUT2D eigenvalue weighted by Crippen LogP contribution is -2.32. The predicted molar refractivity (Wildman–Crippen MR) is 68.1 cm³/mol. The van der Waals surface area contributed by atoms with Crippen molar-refractivity contribution >= 4 is 17.7 Å². The molecule has 0 aromatic heterocycles. The molecule has 0 saturated carbocycles. The van der Waals surface area contributed by atoms with Gasteiger partial charge in [0.25, 0.3) is 5.91 Å². The molecule has 0 N–H and O–H groups in total. The first-order chi connectivity index (χ1) is 8.08. The van der Waals surface area contributed by atoms with Gasteiger partial charge in [-0.1, -0.05) is 0 Å². The van der Waals surface area contributed by atoms with E-state index in [9.17, 15) is 4.79 Å². The van der Waals surface area contributed by atoms with Gasteiger partial charge in [-0.3, -0.25) is 9.63 Å². The van der Waals surface area contributed by atoms with Crippen molar-refractivity contribution < 1.29 is 14.4 Å². The van der Waals surface area contributed by atoms with Gasteiger partial charge in [0, 0.05) is 11.9 Å². The number of ether oxygens (including phenoxy) is 1. The molecular formula is C12H17NO3S. The molecule has 0 aliphatic carbocycles. The number of carbonyl (C=O) groups is 1. The van der Waals surface area contributed by atoms with Gasteiger partial charge in [-0.05, 0) is 31.2 Å². The van der Waals surface area contributed by atoms with E-state index in [1.54, 1.807) is 14.2 Å². The highest BCUT2D eigenvalue weighted by Gasteiger charge is 2.18. The van der Waals surface area contributed by atoms with Crippen LogP contribution in [0.5, 0.6) is 5.75 Å². The van der Waals surface area contributed by atoms with E-state index < -0.39 is 0 Å². The molecule has 94 valence electrons. The van der Waals surface area contributed by atoms with E-state index in [4.69, 9.17) is 9.57 Å². The summed E-state index contributed by atoms with van der Waals surface area (Å²) in [5.74, 6) is 0.746. The number of thioether (sulfide) groups is 1. The number of benzene rings is 1. The Kier molecular flexibility index (Phi) is 5.31. The lowest BCUT2D eigenvalue weighted by Gasteiger charge is -2.18. The summed E-state index contributed by atoms with van der Waals surface area (Å²) in [7, 11) is 4.71. The van der Waals surface area contributed by atoms with E-state index in [-0.39, 0.29) is 11.2 Å². The summed E-state index contributed by atoms with van der Waals surface area (Å²) in [5.41, 5.74) is 0. The average Bonchev–Trinajstić information content (AvgIpc) is 2.37. The quantitative estimate of drug-likeness (QED) is 0.597. The maximum absolute atomic E-state index is 11.8. The molecule has 1 amide bonds. The largest absolute Gasteiger partial charge is 0.497 e. The summed E-state index contributed by atoms with van der Waals surface area (Å²) in [6.45, 7) is 1.85. The minimum Gasteiger partial charge on any atom is -0.497 e. The molecule has 0 radical (unpaired) electrons. The Hall–Kier alpha value is -1.20. The number of amides is 1. The van der Waals surface area contributed by atoms with E-state index in [0.717, 1.165) is 10.6 Å². The third-order valence-electron chi connectivity index (χ3n) is 2.30. The van der Waals surface area contributed by atoms with Crippen molar-refractivity contribution in [3.63, 3.8) is 0 Å². The topological polar surface area (TPSA) is 38.8 Å². The zero-order chi connectivity index (χ0) is 12.8. The van der Waals surface area contributed by atoms with E-state index in [1.165, 1.54) is 23.9 Å². The van der Waals surface area contributed by atoms with Crippen molar-refractivity contribution in [3.05, 3.63) is 24.3 Å². The van der Waals surface area contributed by atoms with Gasteiger partial charge in [0.15, 0.2) is 0 Å². The summed E-state index contributed by atoms with van der Waals surface area (Å²) in [6.07, 6.45) is 0. The van der Waals surface area contributed by atoms with Crippen molar-refractivity contribution in [3.8, 4) is 5.75 Å². The highest BCUT2D eigenvalue weighted by atomic mass is 32.2. The fraction of sp³-hybridized carbons (Fsp3) is 0.417. The zero-order valence-corrected chi connectivity index (χ0v) is 11.3. The van der Waals surface area contributed by atoms with Crippen LogP contribution in [0.25, 0.3) is 0 Å². The number of rotatable bonds is 5. The molecule has 5 heteroatoms. The smallest absolute Gasteiger partial charge is 0.259 e. The van der Waals surface area contributed by atoms with Crippen LogP contribution < -0.4 is 4.74 Å². The molecule has 0 spiro atoms. The zero-order valence-electron chi connectivity index (χ0n) is 10.5. The van der Waals surface area contributed by atoms with Gasteiger partial charge in [-0.2, -0.15) is 0 Å². The van der Waals surface area contributed by atoms with Gasteiger partial charge in [0.2, 0.25) is 0 Å². The Labute approximate surface area is 106 Å². The molecule has 4 nitrogen and oxygen atoms in total. The van der Waals surface area contributed by atoms with Crippen molar-refractivity contribution in [2.45, 2.75) is 17.1 Å². The fourth-order valence-corrected chi connectivity index (χ4v) is 2.21. The lowest BCUT2D eigenvalue weighted by molar-refractivity contribution is -0.167. The summed E-state index contributed by atoms with van der Waals surface area (Å²) in [5, 5.41) is 1.05. The monoisotopic (exact) mass is 255 g/mol. The first kappa shape index (κ1) is 13.9. The molecule has 1 aromatic carbocycles. The number of hydrogen-bond donors (Lipinski definition) is 0. The van der Waals surface area contributed by atoms with Crippen LogP contribution in [0.2, 0.25) is 0 Å². The minimum absolute atomic E-state index is 0.0617. The third kappa shape index (κ3) is 3.94. The van der Waals surface area contributed by atoms with Crippen LogP contribution in [0.4, 0.5) is 0 Å². The third-order valence-corrected chi connectivity index (χ3v) is 3.40. The van der Waals surface area contributed by atoms with Gasteiger partial charge >= 0.3 is 0 Å². The van der Waals surface area contributed by atoms with Crippen LogP contribution in [0, 0.1) is 0 Å². The second-order valence-electron chi connectivity index (χ2n) is 3.45. The highest BCUT2D eigenvalue weighted by molar-refractivity contribution is 8.00. The molecule has 17 heavy (non-hydrogen) atoms. The Morgan fingerprint density at radius 3 is 2.35 bits per heavy atom. The van der Waals surface area contributed by atoms with Crippen LogP contribution in [-0.2, 0) is 9.63 Å². The average molecular weight is 255 g/mol. The molecule has 0 bridgehead atoms. The molecule has 0 heterocycles. The second-order valence-corrected chi connectivity index (χ2v) is 4.87. The van der Waals surface area contributed by atoms with E-state index in [1.807, 2.05) is 31.2 Å². The van der Waals surface area contributed by atoms with Gasteiger partial charge in [-0.25, -0.2) is 5.06 Å². The van der Waals surface area contributed by atoms with Gasteiger partial charge in [0.1, 0.15) is 5.75 Å². The Morgan fingerprint density at radius 2 is 1.88 bits per heavy atom. The molecule has 0 fully saturated rings. The van der Waals surface area contributed by atoms with Gasteiger partial charge < -0.3 is 4.74 Å². The van der Waals surface area contributed by atoms with E-state index >= 15 is 0 Å². The van der Waals surface area contributed by atoms with Crippen LogP contribution in [0.15, 0.2) is 29.2 Å². The second kappa shape index (κ2) is 6.51. The molecule has 1 atom stereocenters. The van der Waals surface area contributed by atoms with Crippen molar-refractivity contribution in [2.24, 2.45) is 0 Å². The summed E-state index contributed by atoms with van der Waals surface area (Å²) in [6, 6.07) is 7.61. The van der Waals surface area contributed by atoms with Crippen LogP contribution in [0.3, 0.4) is 0 Å². The molecule has 1 rings (SSSR count). The number of methoxy groups -OCH3 is 1. The fourth-order valence-electron chi connectivity index (χ4n) is 1.25. The summed E-state index contributed by atoms with van der Waals surface area (Å²) >= 11 is 1.49. The standard InChI is InChI=1S/C12H17NO3S/c1-9(12(14)13(2)16-4)17-11-7-5-10(15-3)6-8-11/h5-9H,1-4H3. The Bertz CT molecular complexity index is 367. The molecule has 1 unspecified atom stereocenters. The number of hydrogen-bond acceptors (Lipinski definition) is 4. The maximum Gasteiger partial charge on any atom is 0.259 e. The SMILES string of the molecule is COc1ccc(SC(C)C(=O)N(C)OC)cc1. The Morgan fingerprint density at radius 1 is 1.29 bits per heavy atom. The van der Waals surface area contributed by atoms with E-state index in [0.29, 0.717) is 0 Å². The summed E-state index contributed by atoms with van der Waals surface area (Å²) < 4.78 is 5.07. The number of nitrogens with zero attached hydrogens (tertiary/aromatic N) is 1. The van der Waals surface area contributed by atoms with Crippen molar-refractivity contribution in [1.82, 2.24) is 5.06 Å². The van der Waals surface area contributed by atoms with Crippen LogP contribution >= 0.6 is 11.8 Å². The van der Waals surface area contributed by atoms with Gasteiger partial charge in [0.05, 0.1) is 19.5 Å². The van der Waals surface area contributed by atoms with Crippen LogP contribution in [-0.4, -0.2) is 37.5 Å².